The monoisotopic (exact) mass is 217 g/mol. The minimum absolute atomic E-state index is 0.0722. The second-order valence-corrected chi connectivity index (χ2v) is 3.41. The van der Waals surface area contributed by atoms with E-state index < -0.39 is 0 Å². The van der Waals surface area contributed by atoms with Gasteiger partial charge in [-0.1, -0.05) is 6.92 Å². The fourth-order valence-electron chi connectivity index (χ4n) is 1.13. The number of hydrogen-bond donors (Lipinski definition) is 1. The molecule has 15 heavy (non-hydrogen) atoms. The Labute approximate surface area is 92.3 Å². The Morgan fingerprint density at radius 1 is 1.33 bits per heavy atom. The lowest BCUT2D eigenvalue weighted by Crippen LogP contribution is -2.29. The molecule has 0 saturated carbocycles. The molecule has 0 heterocycles. The predicted octanol–water partition coefficient (Wildman–Crippen LogP) is 1.20. The van der Waals surface area contributed by atoms with Crippen molar-refractivity contribution in [3.63, 3.8) is 0 Å². The molecule has 0 aromatic heterocycles. The van der Waals surface area contributed by atoms with Crippen LogP contribution in [-0.2, 0) is 14.3 Å². The van der Waals surface area contributed by atoms with Gasteiger partial charge in [0.05, 0.1) is 12.5 Å². The smallest absolute Gasteiger partial charge is 0.309 e. The molecule has 0 aromatic carbocycles. The average Bonchev–Trinajstić information content (AvgIpc) is 2.23. The molecule has 90 valence electrons. The van der Waals surface area contributed by atoms with Gasteiger partial charge in [-0.05, 0) is 26.8 Å². The summed E-state index contributed by atoms with van der Waals surface area (Å²) in [6, 6.07) is 0. The molecular formula is C11H23NO3. The van der Waals surface area contributed by atoms with Gasteiger partial charge in [-0.15, -0.1) is 0 Å². The van der Waals surface area contributed by atoms with Crippen LogP contribution < -0.4 is 5.32 Å². The van der Waals surface area contributed by atoms with Crippen LogP contribution in [0.5, 0.6) is 0 Å². The minimum atomic E-state index is -0.130. The molecule has 0 bridgehead atoms. The zero-order chi connectivity index (χ0) is 11.5. The van der Waals surface area contributed by atoms with Crippen molar-refractivity contribution in [1.82, 2.24) is 5.32 Å². The Kier molecular flexibility index (Phi) is 9.52. The van der Waals surface area contributed by atoms with Crippen LogP contribution in [0, 0.1) is 5.92 Å². The third-order valence-electron chi connectivity index (χ3n) is 1.99. The number of ether oxygens (including phenoxy) is 2. The first kappa shape index (κ1) is 14.4. The van der Waals surface area contributed by atoms with Gasteiger partial charge in [-0.3, -0.25) is 4.79 Å². The van der Waals surface area contributed by atoms with Crippen LogP contribution in [0.15, 0.2) is 0 Å². The van der Waals surface area contributed by atoms with Gasteiger partial charge in [-0.25, -0.2) is 0 Å². The van der Waals surface area contributed by atoms with E-state index in [1.807, 2.05) is 20.8 Å². The van der Waals surface area contributed by atoms with Gasteiger partial charge in [0.1, 0.15) is 0 Å². The van der Waals surface area contributed by atoms with Crippen LogP contribution in [0.1, 0.15) is 27.2 Å². The summed E-state index contributed by atoms with van der Waals surface area (Å²) in [4.78, 5) is 11.2. The van der Waals surface area contributed by atoms with Gasteiger partial charge in [0.2, 0.25) is 0 Å². The predicted molar refractivity (Wildman–Crippen MR) is 59.8 cm³/mol. The van der Waals surface area contributed by atoms with E-state index in [9.17, 15) is 4.79 Å². The normalized spacial score (nSPS) is 12.5. The minimum Gasteiger partial charge on any atom is -0.466 e. The molecule has 0 aliphatic rings. The Hall–Kier alpha value is -0.610. The van der Waals surface area contributed by atoms with Crippen LogP contribution >= 0.6 is 0 Å². The van der Waals surface area contributed by atoms with E-state index in [0.29, 0.717) is 13.2 Å². The molecule has 0 spiro atoms. The molecule has 0 aliphatic carbocycles. The van der Waals surface area contributed by atoms with Crippen molar-refractivity contribution in [2.24, 2.45) is 5.92 Å². The molecule has 0 aliphatic heterocycles. The van der Waals surface area contributed by atoms with Crippen LogP contribution in [0.25, 0.3) is 0 Å². The quantitative estimate of drug-likeness (QED) is 0.466. The fraction of sp³-hybridized carbons (Fsp3) is 0.909. The van der Waals surface area contributed by atoms with Crippen molar-refractivity contribution < 1.29 is 14.3 Å². The van der Waals surface area contributed by atoms with E-state index in [2.05, 4.69) is 5.32 Å². The van der Waals surface area contributed by atoms with Crippen LogP contribution in [0.4, 0.5) is 0 Å². The van der Waals surface area contributed by atoms with Crippen molar-refractivity contribution in [3.05, 3.63) is 0 Å². The molecule has 0 radical (unpaired) electrons. The first-order valence-corrected chi connectivity index (χ1v) is 5.67. The second-order valence-electron chi connectivity index (χ2n) is 3.41. The zero-order valence-electron chi connectivity index (χ0n) is 10.0. The lowest BCUT2D eigenvalue weighted by Gasteiger charge is -2.11. The fourth-order valence-corrected chi connectivity index (χ4v) is 1.13. The van der Waals surface area contributed by atoms with Gasteiger partial charge in [-0.2, -0.15) is 0 Å². The molecule has 4 heteroatoms. The summed E-state index contributed by atoms with van der Waals surface area (Å²) in [7, 11) is 0. The molecule has 1 atom stereocenters. The average molecular weight is 217 g/mol. The number of carbonyl (C=O) groups excluding carboxylic acids is 1. The molecule has 1 unspecified atom stereocenters. The van der Waals surface area contributed by atoms with E-state index >= 15 is 0 Å². The maximum absolute atomic E-state index is 11.2. The van der Waals surface area contributed by atoms with Gasteiger partial charge < -0.3 is 14.8 Å². The summed E-state index contributed by atoms with van der Waals surface area (Å²) in [5, 5.41) is 3.20. The number of rotatable bonds is 9. The third kappa shape index (κ3) is 8.39. The van der Waals surface area contributed by atoms with Crippen molar-refractivity contribution in [1.29, 1.82) is 0 Å². The largest absolute Gasteiger partial charge is 0.466 e. The summed E-state index contributed by atoms with van der Waals surface area (Å²) < 4.78 is 10.1. The van der Waals surface area contributed by atoms with Gasteiger partial charge >= 0.3 is 5.97 Å². The number of hydrogen-bond acceptors (Lipinski definition) is 4. The molecule has 1 N–H and O–H groups in total. The van der Waals surface area contributed by atoms with Gasteiger partial charge in [0.25, 0.3) is 0 Å². The highest BCUT2D eigenvalue weighted by molar-refractivity contribution is 5.72. The van der Waals surface area contributed by atoms with E-state index in [1.54, 1.807) is 0 Å². The summed E-state index contributed by atoms with van der Waals surface area (Å²) in [6.45, 7) is 9.21. The van der Waals surface area contributed by atoms with Crippen LogP contribution in [0.3, 0.4) is 0 Å². The summed E-state index contributed by atoms with van der Waals surface area (Å²) >= 11 is 0. The Morgan fingerprint density at radius 3 is 2.67 bits per heavy atom. The van der Waals surface area contributed by atoms with Crippen molar-refractivity contribution in [2.75, 3.05) is 32.9 Å². The topological polar surface area (TPSA) is 47.6 Å². The molecule has 0 aromatic rings. The highest BCUT2D eigenvalue weighted by Crippen LogP contribution is 1.96. The number of nitrogens with one attached hydrogen (secondary N) is 1. The lowest BCUT2D eigenvalue weighted by atomic mass is 10.2. The summed E-state index contributed by atoms with van der Waals surface area (Å²) in [6.07, 6.45) is 0.976. The molecule has 0 fully saturated rings. The van der Waals surface area contributed by atoms with Gasteiger partial charge in [0.15, 0.2) is 0 Å². The summed E-state index contributed by atoms with van der Waals surface area (Å²) in [5.41, 5.74) is 0. The van der Waals surface area contributed by atoms with Crippen molar-refractivity contribution in [3.8, 4) is 0 Å². The van der Waals surface area contributed by atoms with Crippen LogP contribution in [0.2, 0.25) is 0 Å². The van der Waals surface area contributed by atoms with E-state index in [0.717, 1.165) is 26.2 Å². The molecule has 0 saturated heterocycles. The SMILES string of the molecule is CCOCCCNCC(C)C(=O)OCC. The third-order valence-corrected chi connectivity index (χ3v) is 1.99. The molecule has 0 rings (SSSR count). The maximum Gasteiger partial charge on any atom is 0.309 e. The first-order valence-electron chi connectivity index (χ1n) is 5.67. The van der Waals surface area contributed by atoms with Crippen LogP contribution in [-0.4, -0.2) is 38.9 Å². The van der Waals surface area contributed by atoms with E-state index in [1.165, 1.54) is 0 Å². The standard InChI is InChI=1S/C11H23NO3/c1-4-14-8-6-7-12-9-10(3)11(13)15-5-2/h10,12H,4-9H2,1-3H3. The molecular weight excluding hydrogens is 194 g/mol. The van der Waals surface area contributed by atoms with Crippen molar-refractivity contribution in [2.45, 2.75) is 27.2 Å². The lowest BCUT2D eigenvalue weighted by molar-refractivity contribution is -0.147. The molecule has 4 nitrogen and oxygen atoms in total. The second kappa shape index (κ2) is 9.93. The highest BCUT2D eigenvalue weighted by Gasteiger charge is 2.12. The molecule has 0 amide bonds. The Morgan fingerprint density at radius 2 is 2.07 bits per heavy atom. The van der Waals surface area contributed by atoms with Crippen molar-refractivity contribution >= 4 is 5.97 Å². The number of esters is 1. The Bertz CT molecular complexity index is 162. The highest BCUT2D eigenvalue weighted by atomic mass is 16.5. The van der Waals surface area contributed by atoms with E-state index in [4.69, 9.17) is 9.47 Å². The van der Waals surface area contributed by atoms with Gasteiger partial charge in [0, 0.05) is 19.8 Å². The Balaban J connectivity index is 3.30. The number of carbonyl (C=O) groups is 1. The van der Waals surface area contributed by atoms with E-state index in [-0.39, 0.29) is 11.9 Å². The summed E-state index contributed by atoms with van der Waals surface area (Å²) in [5.74, 6) is -0.202. The maximum atomic E-state index is 11.2. The first-order chi connectivity index (χ1) is 7.22. The zero-order valence-corrected chi connectivity index (χ0v) is 10.0.